The Bertz CT molecular complexity index is 491. The van der Waals surface area contributed by atoms with Crippen LogP contribution < -0.4 is 0 Å². The molecule has 2 rings (SSSR count). The van der Waals surface area contributed by atoms with Crippen molar-refractivity contribution < 1.29 is 24.9 Å². The molecule has 0 radical (unpaired) electrons. The standard InChI is InChI=1S/C12H18N2O3S.CH2O2/c1-7-11(18-8(2)13-7)6-14-4-3-9(12(16)17)10(15)5-14;2-1-3/h9-10,15H,3-6H2,1-2H3,(H,16,17);1H,(H,2,3)/t9-,10+;/m0./s1. The van der Waals surface area contributed by atoms with Gasteiger partial charge in [-0.3, -0.25) is 14.5 Å². The maximum absolute atomic E-state index is 10.9. The monoisotopic (exact) mass is 316 g/mol. The van der Waals surface area contributed by atoms with Gasteiger partial charge in [-0.25, -0.2) is 4.98 Å². The van der Waals surface area contributed by atoms with Crippen molar-refractivity contribution in [3.8, 4) is 0 Å². The molecule has 0 aliphatic carbocycles. The van der Waals surface area contributed by atoms with Gasteiger partial charge in [-0.15, -0.1) is 11.3 Å². The highest BCUT2D eigenvalue weighted by Crippen LogP contribution is 2.23. The fourth-order valence-electron chi connectivity index (χ4n) is 2.35. The molecule has 0 spiro atoms. The summed E-state index contributed by atoms with van der Waals surface area (Å²) in [6, 6.07) is 0. The van der Waals surface area contributed by atoms with Crippen LogP contribution in [0.2, 0.25) is 0 Å². The third-order valence-corrected chi connectivity index (χ3v) is 4.41. The summed E-state index contributed by atoms with van der Waals surface area (Å²) in [5, 5.41) is 26.7. The fourth-order valence-corrected chi connectivity index (χ4v) is 3.33. The molecule has 3 N–H and O–H groups in total. The van der Waals surface area contributed by atoms with Crippen LogP contribution in [0.1, 0.15) is 22.0 Å². The molecule has 1 saturated heterocycles. The summed E-state index contributed by atoms with van der Waals surface area (Å²) < 4.78 is 0. The molecule has 118 valence electrons. The molecule has 0 unspecified atom stereocenters. The van der Waals surface area contributed by atoms with E-state index in [0.29, 0.717) is 19.5 Å². The highest BCUT2D eigenvalue weighted by Gasteiger charge is 2.32. The Hall–Kier alpha value is -1.51. The van der Waals surface area contributed by atoms with Gasteiger partial charge in [0.2, 0.25) is 0 Å². The van der Waals surface area contributed by atoms with Gasteiger partial charge < -0.3 is 15.3 Å². The normalized spacial score (nSPS) is 22.2. The molecular weight excluding hydrogens is 296 g/mol. The van der Waals surface area contributed by atoms with Gasteiger partial charge in [-0.1, -0.05) is 0 Å². The van der Waals surface area contributed by atoms with Crippen LogP contribution in [0.4, 0.5) is 0 Å². The maximum Gasteiger partial charge on any atom is 0.309 e. The van der Waals surface area contributed by atoms with E-state index >= 15 is 0 Å². The maximum atomic E-state index is 10.9. The zero-order valence-corrected chi connectivity index (χ0v) is 12.8. The Labute approximate surface area is 126 Å². The summed E-state index contributed by atoms with van der Waals surface area (Å²) in [4.78, 5) is 26.9. The number of likely N-dealkylation sites (tertiary alicyclic amines) is 1. The molecule has 1 aliphatic heterocycles. The molecule has 0 amide bonds. The van der Waals surface area contributed by atoms with E-state index < -0.39 is 18.0 Å². The van der Waals surface area contributed by atoms with Crippen LogP contribution in [-0.2, 0) is 16.1 Å². The van der Waals surface area contributed by atoms with Crippen molar-refractivity contribution in [3.63, 3.8) is 0 Å². The Morgan fingerprint density at radius 1 is 1.52 bits per heavy atom. The number of aryl methyl sites for hydroxylation is 2. The molecule has 8 heteroatoms. The zero-order chi connectivity index (χ0) is 16.0. The van der Waals surface area contributed by atoms with E-state index in [-0.39, 0.29) is 6.47 Å². The van der Waals surface area contributed by atoms with Crippen molar-refractivity contribution in [1.82, 2.24) is 9.88 Å². The molecular formula is C13H20N2O5S. The van der Waals surface area contributed by atoms with E-state index in [2.05, 4.69) is 9.88 Å². The van der Waals surface area contributed by atoms with E-state index in [1.807, 2.05) is 13.8 Å². The number of aliphatic carboxylic acids is 1. The van der Waals surface area contributed by atoms with E-state index in [1.54, 1.807) is 11.3 Å². The van der Waals surface area contributed by atoms with Gasteiger partial charge in [-0.05, 0) is 26.8 Å². The van der Waals surface area contributed by atoms with E-state index in [4.69, 9.17) is 15.0 Å². The third kappa shape index (κ3) is 5.07. The lowest BCUT2D eigenvalue weighted by molar-refractivity contribution is -0.148. The van der Waals surface area contributed by atoms with Gasteiger partial charge in [-0.2, -0.15) is 0 Å². The molecule has 1 aliphatic rings. The predicted molar refractivity (Wildman–Crippen MR) is 77.3 cm³/mol. The number of carboxylic acid groups (broad SMARTS) is 2. The minimum absolute atomic E-state index is 0.250. The SMILES string of the molecule is Cc1nc(C)c(CN2CC[C@H](C(=O)O)[C@H](O)C2)s1.O=CO. The number of thiazole rings is 1. The number of aliphatic hydroxyl groups is 1. The second kappa shape index (κ2) is 8.06. The number of carboxylic acids is 1. The number of aromatic nitrogens is 1. The summed E-state index contributed by atoms with van der Waals surface area (Å²) >= 11 is 1.67. The van der Waals surface area contributed by atoms with Crippen molar-refractivity contribution in [3.05, 3.63) is 15.6 Å². The number of carbonyl (C=O) groups is 2. The topological polar surface area (TPSA) is 111 Å². The quantitative estimate of drug-likeness (QED) is 0.705. The number of hydrogen-bond acceptors (Lipinski definition) is 6. The number of rotatable bonds is 3. The number of β-amino-alcohol motifs (C(OH)–C–C–N with tert-alkyl or cyclic N) is 1. The first-order chi connectivity index (χ1) is 9.88. The molecule has 1 aromatic rings. The summed E-state index contributed by atoms with van der Waals surface area (Å²) in [7, 11) is 0. The van der Waals surface area contributed by atoms with Crippen LogP contribution in [0.3, 0.4) is 0 Å². The summed E-state index contributed by atoms with van der Waals surface area (Å²) in [6.45, 7) is 5.60. The molecule has 1 fully saturated rings. The van der Waals surface area contributed by atoms with Crippen molar-refractivity contribution in [2.45, 2.75) is 32.9 Å². The molecule has 21 heavy (non-hydrogen) atoms. The van der Waals surface area contributed by atoms with E-state index in [1.165, 1.54) is 4.88 Å². The average Bonchev–Trinajstić information content (AvgIpc) is 2.68. The third-order valence-electron chi connectivity index (χ3n) is 3.35. The smallest absolute Gasteiger partial charge is 0.309 e. The summed E-state index contributed by atoms with van der Waals surface area (Å²) in [5.74, 6) is -1.52. The van der Waals surface area contributed by atoms with Crippen LogP contribution in [0.25, 0.3) is 0 Å². The highest BCUT2D eigenvalue weighted by atomic mass is 32.1. The van der Waals surface area contributed by atoms with E-state index in [9.17, 15) is 9.90 Å². The lowest BCUT2D eigenvalue weighted by Gasteiger charge is -2.33. The molecule has 0 aromatic carbocycles. The van der Waals surface area contributed by atoms with Crippen molar-refractivity contribution >= 4 is 23.8 Å². The van der Waals surface area contributed by atoms with Crippen LogP contribution >= 0.6 is 11.3 Å². The first-order valence-corrected chi connectivity index (χ1v) is 7.34. The van der Waals surface area contributed by atoms with E-state index in [0.717, 1.165) is 17.2 Å². The average molecular weight is 316 g/mol. The lowest BCUT2D eigenvalue weighted by Crippen LogP contribution is -2.46. The zero-order valence-electron chi connectivity index (χ0n) is 12.0. The second-order valence-corrected chi connectivity index (χ2v) is 6.17. The summed E-state index contributed by atoms with van der Waals surface area (Å²) in [6.07, 6.45) is -0.265. The van der Waals surface area contributed by atoms with Crippen LogP contribution in [-0.4, -0.2) is 56.8 Å². The summed E-state index contributed by atoms with van der Waals surface area (Å²) in [5.41, 5.74) is 1.03. The van der Waals surface area contributed by atoms with Crippen LogP contribution in [0.5, 0.6) is 0 Å². The molecule has 0 saturated carbocycles. The molecule has 2 heterocycles. The predicted octanol–water partition coefficient (Wildman–Crippen LogP) is 0.728. The Balaban J connectivity index is 0.000000677. The number of nitrogens with zero attached hydrogens (tertiary/aromatic N) is 2. The lowest BCUT2D eigenvalue weighted by atomic mass is 9.94. The van der Waals surface area contributed by atoms with Crippen LogP contribution in [0, 0.1) is 19.8 Å². The molecule has 7 nitrogen and oxygen atoms in total. The van der Waals surface area contributed by atoms with Crippen molar-refractivity contribution in [2.75, 3.05) is 13.1 Å². The fraction of sp³-hybridized carbons (Fsp3) is 0.615. The van der Waals surface area contributed by atoms with Gasteiger partial charge in [0.05, 0.1) is 22.7 Å². The van der Waals surface area contributed by atoms with Gasteiger partial charge in [0.15, 0.2) is 0 Å². The van der Waals surface area contributed by atoms with Gasteiger partial charge in [0.1, 0.15) is 0 Å². The Kier molecular flexibility index (Phi) is 6.73. The Morgan fingerprint density at radius 2 is 2.14 bits per heavy atom. The second-order valence-electron chi connectivity index (χ2n) is 4.88. The first kappa shape index (κ1) is 17.5. The molecule has 2 atom stereocenters. The minimum Gasteiger partial charge on any atom is -0.483 e. The van der Waals surface area contributed by atoms with Gasteiger partial charge >= 0.3 is 5.97 Å². The number of piperidine rings is 1. The largest absolute Gasteiger partial charge is 0.483 e. The molecule has 1 aromatic heterocycles. The van der Waals surface area contributed by atoms with Gasteiger partial charge in [0.25, 0.3) is 6.47 Å². The Morgan fingerprint density at radius 3 is 2.57 bits per heavy atom. The van der Waals surface area contributed by atoms with Crippen molar-refractivity contribution in [1.29, 1.82) is 0 Å². The highest BCUT2D eigenvalue weighted by molar-refractivity contribution is 7.11. The van der Waals surface area contributed by atoms with Gasteiger partial charge in [0, 0.05) is 18.0 Å². The van der Waals surface area contributed by atoms with Crippen molar-refractivity contribution in [2.24, 2.45) is 5.92 Å². The first-order valence-electron chi connectivity index (χ1n) is 6.53. The minimum atomic E-state index is -0.896. The molecule has 0 bridgehead atoms. The number of hydrogen-bond donors (Lipinski definition) is 3. The van der Waals surface area contributed by atoms with Crippen LogP contribution in [0.15, 0.2) is 0 Å². The number of aliphatic hydroxyl groups excluding tert-OH is 1.